The van der Waals surface area contributed by atoms with Crippen molar-refractivity contribution in [2.24, 2.45) is 0 Å². The van der Waals surface area contributed by atoms with Gasteiger partial charge in [-0.1, -0.05) is 6.08 Å². The van der Waals surface area contributed by atoms with E-state index >= 15 is 0 Å². The maximum atomic E-state index is 11.4. The third kappa shape index (κ3) is 4.66. The van der Waals surface area contributed by atoms with Crippen molar-refractivity contribution < 1.29 is 14.3 Å². The minimum Gasteiger partial charge on any atom is -0.494 e. The van der Waals surface area contributed by atoms with Gasteiger partial charge in [0.25, 0.3) is 0 Å². The summed E-state index contributed by atoms with van der Waals surface area (Å²) in [4.78, 5) is 11.4. The van der Waals surface area contributed by atoms with Crippen LogP contribution in [0.3, 0.4) is 0 Å². The smallest absolute Gasteiger partial charge is 0.248 e. The predicted octanol–water partition coefficient (Wildman–Crippen LogP) is 4.39. The van der Waals surface area contributed by atoms with Crippen LogP contribution in [-0.4, -0.2) is 12.5 Å². The summed E-state index contributed by atoms with van der Waals surface area (Å²) >= 11 is 0. The predicted molar refractivity (Wildman–Crippen MR) is 87.6 cm³/mol. The Morgan fingerprint density at radius 2 is 1.55 bits per heavy atom. The van der Waals surface area contributed by atoms with E-state index in [2.05, 4.69) is 5.32 Å². The van der Waals surface area contributed by atoms with Crippen molar-refractivity contribution in [1.29, 1.82) is 0 Å². The molecule has 0 saturated heterocycles. The molecule has 2 aromatic rings. The Balaban J connectivity index is 1.97. The van der Waals surface area contributed by atoms with Crippen LogP contribution in [-0.2, 0) is 4.79 Å². The van der Waals surface area contributed by atoms with Crippen LogP contribution < -0.4 is 14.8 Å². The lowest BCUT2D eigenvalue weighted by atomic mass is 10.3. The van der Waals surface area contributed by atoms with Crippen molar-refractivity contribution >= 4 is 11.6 Å². The number of anilines is 1. The number of hydrogen-bond acceptors (Lipinski definition) is 3. The Labute approximate surface area is 130 Å². The quantitative estimate of drug-likeness (QED) is 0.804. The minimum absolute atomic E-state index is 0.150. The normalized spacial score (nSPS) is 10.5. The number of nitrogens with one attached hydrogen (secondary N) is 1. The molecule has 4 heteroatoms. The third-order valence-corrected chi connectivity index (χ3v) is 2.81. The molecule has 22 heavy (non-hydrogen) atoms. The van der Waals surface area contributed by atoms with Crippen molar-refractivity contribution in [3.05, 3.63) is 60.7 Å². The molecule has 0 radical (unpaired) electrons. The molecule has 1 amide bonds. The van der Waals surface area contributed by atoms with Crippen molar-refractivity contribution in [1.82, 2.24) is 0 Å². The van der Waals surface area contributed by atoms with E-state index in [4.69, 9.17) is 9.47 Å². The van der Waals surface area contributed by atoms with E-state index in [1.807, 2.05) is 43.3 Å². The average molecular weight is 297 g/mol. The molecule has 1 N–H and O–H groups in total. The van der Waals surface area contributed by atoms with Crippen LogP contribution in [0.5, 0.6) is 17.2 Å². The molecule has 0 heterocycles. The maximum Gasteiger partial charge on any atom is 0.248 e. The monoisotopic (exact) mass is 297 g/mol. The highest BCUT2D eigenvalue weighted by Crippen LogP contribution is 2.25. The molecule has 0 aliphatic heterocycles. The minimum atomic E-state index is -0.150. The van der Waals surface area contributed by atoms with E-state index in [0.717, 1.165) is 17.2 Å². The zero-order valence-electron chi connectivity index (χ0n) is 12.7. The van der Waals surface area contributed by atoms with Gasteiger partial charge in [0.2, 0.25) is 5.91 Å². The molecule has 0 aliphatic rings. The second-order valence-corrected chi connectivity index (χ2v) is 4.52. The summed E-state index contributed by atoms with van der Waals surface area (Å²) in [5, 5.41) is 2.76. The third-order valence-electron chi connectivity index (χ3n) is 2.81. The van der Waals surface area contributed by atoms with Gasteiger partial charge in [-0.05, 0) is 68.5 Å². The van der Waals surface area contributed by atoms with Crippen LogP contribution >= 0.6 is 0 Å². The molecule has 0 unspecified atom stereocenters. The van der Waals surface area contributed by atoms with Gasteiger partial charge in [-0.3, -0.25) is 4.79 Å². The van der Waals surface area contributed by atoms with Gasteiger partial charge in [0.1, 0.15) is 17.2 Å². The number of carbonyl (C=O) groups is 1. The standard InChI is InChI=1S/C18H19NO3/c1-3-5-18(20)19-14-6-8-16(9-7-14)22-17-12-10-15(11-13-17)21-4-2/h3,5-13H,4H2,1-2H3,(H,19,20)/b5-3+. The Bertz CT molecular complexity index is 630. The van der Waals surface area contributed by atoms with Gasteiger partial charge in [0.15, 0.2) is 0 Å². The second kappa shape index (κ2) is 7.88. The van der Waals surface area contributed by atoms with E-state index in [0.29, 0.717) is 12.4 Å². The number of hydrogen-bond donors (Lipinski definition) is 1. The molecular formula is C18H19NO3. The van der Waals surface area contributed by atoms with E-state index in [1.165, 1.54) is 6.08 Å². The van der Waals surface area contributed by atoms with E-state index < -0.39 is 0 Å². The van der Waals surface area contributed by atoms with Gasteiger partial charge in [-0.2, -0.15) is 0 Å². The number of amides is 1. The Morgan fingerprint density at radius 1 is 1.00 bits per heavy atom. The summed E-state index contributed by atoms with van der Waals surface area (Å²) in [6.45, 7) is 4.38. The molecule has 0 atom stereocenters. The lowest BCUT2D eigenvalue weighted by Crippen LogP contribution is -2.07. The van der Waals surface area contributed by atoms with E-state index in [-0.39, 0.29) is 5.91 Å². The van der Waals surface area contributed by atoms with Gasteiger partial charge < -0.3 is 14.8 Å². The highest BCUT2D eigenvalue weighted by molar-refractivity contribution is 5.99. The first kappa shape index (κ1) is 15.6. The molecule has 0 aromatic heterocycles. The van der Waals surface area contributed by atoms with Crippen molar-refractivity contribution in [2.45, 2.75) is 13.8 Å². The summed E-state index contributed by atoms with van der Waals surface area (Å²) < 4.78 is 11.1. The van der Waals surface area contributed by atoms with Crippen molar-refractivity contribution in [3.8, 4) is 17.2 Å². The van der Waals surface area contributed by atoms with E-state index in [1.54, 1.807) is 25.1 Å². The fourth-order valence-corrected chi connectivity index (χ4v) is 1.85. The SMILES string of the molecule is C/C=C/C(=O)Nc1ccc(Oc2ccc(OCC)cc2)cc1. The molecule has 2 rings (SSSR count). The Hall–Kier alpha value is -2.75. The number of carbonyl (C=O) groups excluding carboxylic acids is 1. The topological polar surface area (TPSA) is 47.6 Å². The van der Waals surface area contributed by atoms with Crippen LogP contribution in [0.25, 0.3) is 0 Å². The molecule has 0 spiro atoms. The summed E-state index contributed by atoms with van der Waals surface area (Å²) in [7, 11) is 0. The number of rotatable bonds is 6. The zero-order valence-corrected chi connectivity index (χ0v) is 12.7. The molecule has 2 aromatic carbocycles. The summed E-state index contributed by atoms with van der Waals surface area (Å²) in [6.07, 6.45) is 3.17. The summed E-state index contributed by atoms with van der Waals surface area (Å²) in [5.41, 5.74) is 0.724. The number of benzene rings is 2. The van der Waals surface area contributed by atoms with Crippen LogP contribution in [0, 0.1) is 0 Å². The summed E-state index contributed by atoms with van der Waals surface area (Å²) in [5.74, 6) is 2.10. The lowest BCUT2D eigenvalue weighted by molar-refractivity contribution is -0.111. The molecule has 0 aliphatic carbocycles. The molecular weight excluding hydrogens is 278 g/mol. The van der Waals surface area contributed by atoms with Gasteiger partial charge >= 0.3 is 0 Å². The highest BCUT2D eigenvalue weighted by Gasteiger charge is 2.01. The molecule has 0 bridgehead atoms. The molecule has 0 saturated carbocycles. The highest BCUT2D eigenvalue weighted by atomic mass is 16.5. The fraction of sp³-hybridized carbons (Fsp3) is 0.167. The summed E-state index contributed by atoms with van der Waals surface area (Å²) in [6, 6.07) is 14.6. The number of ether oxygens (including phenoxy) is 2. The van der Waals surface area contributed by atoms with Crippen LogP contribution in [0.2, 0.25) is 0 Å². The molecule has 0 fully saturated rings. The largest absolute Gasteiger partial charge is 0.494 e. The first-order chi connectivity index (χ1) is 10.7. The van der Waals surface area contributed by atoms with Crippen LogP contribution in [0.4, 0.5) is 5.69 Å². The Kier molecular flexibility index (Phi) is 5.60. The van der Waals surface area contributed by atoms with Gasteiger partial charge in [-0.25, -0.2) is 0 Å². The Morgan fingerprint density at radius 3 is 2.09 bits per heavy atom. The molecule has 4 nitrogen and oxygen atoms in total. The zero-order chi connectivity index (χ0) is 15.8. The second-order valence-electron chi connectivity index (χ2n) is 4.52. The van der Waals surface area contributed by atoms with Crippen LogP contribution in [0.1, 0.15) is 13.8 Å². The first-order valence-electron chi connectivity index (χ1n) is 7.15. The van der Waals surface area contributed by atoms with Gasteiger partial charge in [-0.15, -0.1) is 0 Å². The van der Waals surface area contributed by atoms with Gasteiger partial charge in [0.05, 0.1) is 6.61 Å². The molecule has 114 valence electrons. The number of allylic oxidation sites excluding steroid dienone is 1. The van der Waals surface area contributed by atoms with Crippen molar-refractivity contribution in [2.75, 3.05) is 11.9 Å². The van der Waals surface area contributed by atoms with Gasteiger partial charge in [0, 0.05) is 5.69 Å². The lowest BCUT2D eigenvalue weighted by Gasteiger charge is -2.08. The van der Waals surface area contributed by atoms with Crippen molar-refractivity contribution in [3.63, 3.8) is 0 Å². The fourth-order valence-electron chi connectivity index (χ4n) is 1.85. The van der Waals surface area contributed by atoms with Crippen LogP contribution in [0.15, 0.2) is 60.7 Å². The van der Waals surface area contributed by atoms with E-state index in [9.17, 15) is 4.79 Å². The maximum absolute atomic E-state index is 11.4. The average Bonchev–Trinajstić information content (AvgIpc) is 2.52. The first-order valence-corrected chi connectivity index (χ1v) is 7.15.